The SMILES string of the molecule is COc1ccc(OC)c(C2C3=C(CCCC3=O)Nc3nc(=S)[nH]c(N)c32)c1. The standard InChI is InChI=1S/C19H20N4O3S/c1-25-9-6-7-13(26-2)10(8-9)14-15-11(4-3-5-12(15)24)21-18-16(14)17(20)22-19(27)23-18/h6-8,14H,3-5H2,1-2H3,(H4,20,21,22,23,27). The lowest BCUT2D eigenvalue weighted by Gasteiger charge is -2.34. The average Bonchev–Trinajstić information content (AvgIpc) is 2.65. The number of aromatic amines is 1. The van der Waals surface area contributed by atoms with Gasteiger partial charge in [0, 0.05) is 28.8 Å². The van der Waals surface area contributed by atoms with E-state index in [4.69, 9.17) is 27.4 Å². The number of nitrogens with one attached hydrogen (secondary N) is 2. The van der Waals surface area contributed by atoms with Gasteiger partial charge in [-0.25, -0.2) is 4.98 Å². The van der Waals surface area contributed by atoms with Crippen LogP contribution in [0.4, 0.5) is 11.6 Å². The third kappa shape index (κ3) is 2.86. The number of nitrogens with zero attached hydrogens (tertiary/aromatic N) is 1. The number of nitrogens with two attached hydrogens (primary N) is 1. The minimum absolute atomic E-state index is 0.103. The molecule has 2 aliphatic rings. The van der Waals surface area contributed by atoms with Gasteiger partial charge in [0.2, 0.25) is 0 Å². The monoisotopic (exact) mass is 384 g/mol. The summed E-state index contributed by atoms with van der Waals surface area (Å²) in [6.45, 7) is 0. The van der Waals surface area contributed by atoms with Crippen LogP contribution in [-0.2, 0) is 4.79 Å². The number of Topliss-reactive ketones (excluding diaryl/α,β-unsaturated/α-hetero) is 1. The van der Waals surface area contributed by atoms with Crippen LogP contribution < -0.4 is 20.5 Å². The number of methoxy groups -OCH3 is 2. The van der Waals surface area contributed by atoms with Crippen molar-refractivity contribution in [1.82, 2.24) is 9.97 Å². The molecule has 0 saturated heterocycles. The number of benzene rings is 1. The second-order valence-corrected chi connectivity index (χ2v) is 6.94. The van der Waals surface area contributed by atoms with Crippen molar-refractivity contribution < 1.29 is 14.3 Å². The van der Waals surface area contributed by atoms with E-state index in [9.17, 15) is 4.79 Å². The van der Waals surface area contributed by atoms with Gasteiger partial charge in [0.15, 0.2) is 10.6 Å². The van der Waals surface area contributed by atoms with Crippen molar-refractivity contribution in [3.05, 3.63) is 45.4 Å². The van der Waals surface area contributed by atoms with E-state index in [0.29, 0.717) is 45.5 Å². The summed E-state index contributed by atoms with van der Waals surface area (Å²) >= 11 is 5.18. The van der Waals surface area contributed by atoms with Gasteiger partial charge in [-0.2, -0.15) is 0 Å². The molecule has 1 unspecified atom stereocenters. The normalized spacial score (nSPS) is 18.4. The average molecular weight is 384 g/mol. The molecular formula is C19H20N4O3S. The number of ether oxygens (including phenoxy) is 2. The third-order valence-electron chi connectivity index (χ3n) is 5.05. The number of carbonyl (C=O) groups is 1. The molecule has 4 N–H and O–H groups in total. The molecule has 2 heterocycles. The van der Waals surface area contributed by atoms with Gasteiger partial charge < -0.3 is 25.5 Å². The molecule has 2 aromatic rings. The predicted octanol–water partition coefficient (Wildman–Crippen LogP) is 3.30. The van der Waals surface area contributed by atoms with E-state index in [1.165, 1.54) is 0 Å². The Morgan fingerprint density at radius 3 is 2.81 bits per heavy atom. The second-order valence-electron chi connectivity index (χ2n) is 6.55. The Morgan fingerprint density at radius 1 is 1.26 bits per heavy atom. The predicted molar refractivity (Wildman–Crippen MR) is 105 cm³/mol. The molecule has 1 aromatic heterocycles. The van der Waals surface area contributed by atoms with Crippen molar-refractivity contribution in [2.45, 2.75) is 25.2 Å². The molecule has 7 nitrogen and oxygen atoms in total. The minimum Gasteiger partial charge on any atom is -0.497 e. The molecule has 1 aliphatic heterocycles. The Balaban J connectivity index is 2.04. The maximum atomic E-state index is 12.9. The molecule has 1 aromatic carbocycles. The molecular weight excluding hydrogens is 364 g/mol. The van der Waals surface area contributed by atoms with Gasteiger partial charge in [-0.05, 0) is 43.3 Å². The molecule has 140 valence electrons. The second kappa shape index (κ2) is 6.70. The Morgan fingerprint density at radius 2 is 2.07 bits per heavy atom. The fourth-order valence-electron chi connectivity index (χ4n) is 3.88. The number of anilines is 2. The van der Waals surface area contributed by atoms with E-state index in [2.05, 4.69) is 15.3 Å². The smallest absolute Gasteiger partial charge is 0.200 e. The number of hydrogen-bond acceptors (Lipinski definition) is 7. The van der Waals surface area contributed by atoms with Crippen LogP contribution in [0.15, 0.2) is 29.5 Å². The summed E-state index contributed by atoms with van der Waals surface area (Å²) in [4.78, 5) is 20.2. The Bertz CT molecular complexity index is 1030. The molecule has 0 amide bonds. The topological polar surface area (TPSA) is 102 Å². The first-order valence-electron chi connectivity index (χ1n) is 8.68. The maximum absolute atomic E-state index is 12.9. The first-order valence-corrected chi connectivity index (χ1v) is 9.09. The first-order chi connectivity index (χ1) is 13.0. The van der Waals surface area contributed by atoms with Crippen LogP contribution in [-0.4, -0.2) is 30.0 Å². The third-order valence-corrected chi connectivity index (χ3v) is 5.24. The Hall–Kier alpha value is -2.87. The van der Waals surface area contributed by atoms with Gasteiger partial charge in [-0.1, -0.05) is 0 Å². The number of fused-ring (bicyclic) bond motifs is 1. The van der Waals surface area contributed by atoms with Gasteiger partial charge in [0.05, 0.1) is 20.1 Å². The van der Waals surface area contributed by atoms with E-state index in [-0.39, 0.29) is 5.78 Å². The van der Waals surface area contributed by atoms with Crippen LogP contribution in [0.3, 0.4) is 0 Å². The summed E-state index contributed by atoms with van der Waals surface area (Å²) in [5.74, 6) is 1.99. The fourth-order valence-corrected chi connectivity index (χ4v) is 4.08. The number of carbonyl (C=O) groups excluding carboxylic acids is 1. The molecule has 0 saturated carbocycles. The summed E-state index contributed by atoms with van der Waals surface area (Å²) in [6.07, 6.45) is 2.09. The van der Waals surface area contributed by atoms with Crippen molar-refractivity contribution in [2.24, 2.45) is 0 Å². The van der Waals surface area contributed by atoms with Crippen LogP contribution in [0.25, 0.3) is 0 Å². The summed E-state index contributed by atoms with van der Waals surface area (Å²) in [6, 6.07) is 5.53. The van der Waals surface area contributed by atoms with E-state index in [0.717, 1.165) is 24.1 Å². The number of hydrogen-bond donors (Lipinski definition) is 3. The highest BCUT2D eigenvalue weighted by Crippen LogP contribution is 2.49. The van der Waals surface area contributed by atoms with Gasteiger partial charge in [0.25, 0.3) is 0 Å². The van der Waals surface area contributed by atoms with Crippen molar-refractivity contribution in [2.75, 3.05) is 25.3 Å². The highest BCUT2D eigenvalue weighted by Gasteiger charge is 2.38. The Kier molecular flexibility index (Phi) is 4.35. The quantitative estimate of drug-likeness (QED) is 0.698. The van der Waals surface area contributed by atoms with E-state index in [1.807, 2.05) is 18.2 Å². The number of H-pyrrole nitrogens is 1. The fraction of sp³-hybridized carbons (Fsp3) is 0.316. The zero-order chi connectivity index (χ0) is 19.1. The van der Waals surface area contributed by atoms with E-state index >= 15 is 0 Å². The van der Waals surface area contributed by atoms with Gasteiger partial charge in [0.1, 0.15) is 23.1 Å². The lowest BCUT2D eigenvalue weighted by Crippen LogP contribution is -2.28. The largest absolute Gasteiger partial charge is 0.497 e. The van der Waals surface area contributed by atoms with Gasteiger partial charge in [-0.15, -0.1) is 0 Å². The van der Waals surface area contributed by atoms with Crippen LogP contribution >= 0.6 is 12.2 Å². The van der Waals surface area contributed by atoms with Crippen LogP contribution in [0, 0.1) is 4.77 Å². The number of nitrogen functional groups attached to an aromatic ring is 1. The van der Waals surface area contributed by atoms with Gasteiger partial charge in [-0.3, -0.25) is 4.79 Å². The highest BCUT2D eigenvalue weighted by atomic mass is 32.1. The number of ketones is 1. The molecule has 4 rings (SSSR count). The molecule has 27 heavy (non-hydrogen) atoms. The number of rotatable bonds is 3. The van der Waals surface area contributed by atoms with Crippen LogP contribution in [0.1, 0.15) is 36.3 Å². The van der Waals surface area contributed by atoms with Crippen LogP contribution in [0.5, 0.6) is 11.5 Å². The van der Waals surface area contributed by atoms with Gasteiger partial charge >= 0.3 is 0 Å². The lowest BCUT2D eigenvalue weighted by molar-refractivity contribution is -0.116. The van der Waals surface area contributed by atoms with Crippen molar-refractivity contribution >= 4 is 29.6 Å². The zero-order valence-corrected chi connectivity index (χ0v) is 15.9. The highest BCUT2D eigenvalue weighted by molar-refractivity contribution is 7.71. The Labute approximate surface area is 161 Å². The molecule has 0 spiro atoms. The summed E-state index contributed by atoms with van der Waals surface area (Å²) in [5.41, 5.74) is 9.38. The van der Waals surface area contributed by atoms with Crippen molar-refractivity contribution in [3.8, 4) is 11.5 Å². The minimum atomic E-state index is -0.409. The zero-order valence-electron chi connectivity index (χ0n) is 15.1. The van der Waals surface area contributed by atoms with E-state index in [1.54, 1.807) is 14.2 Å². The number of aromatic nitrogens is 2. The lowest BCUT2D eigenvalue weighted by atomic mass is 9.76. The maximum Gasteiger partial charge on any atom is 0.200 e. The summed E-state index contributed by atoms with van der Waals surface area (Å²) in [7, 11) is 3.21. The number of allylic oxidation sites excluding steroid dienone is 2. The molecule has 8 heteroatoms. The summed E-state index contributed by atoms with van der Waals surface area (Å²) < 4.78 is 11.3. The molecule has 1 atom stereocenters. The van der Waals surface area contributed by atoms with Crippen molar-refractivity contribution in [1.29, 1.82) is 0 Å². The van der Waals surface area contributed by atoms with E-state index < -0.39 is 5.92 Å². The molecule has 0 bridgehead atoms. The molecule has 1 aliphatic carbocycles. The molecule has 0 fully saturated rings. The van der Waals surface area contributed by atoms with Crippen LogP contribution in [0.2, 0.25) is 0 Å². The van der Waals surface area contributed by atoms with Crippen molar-refractivity contribution in [3.63, 3.8) is 0 Å². The molecule has 0 radical (unpaired) electrons. The first kappa shape index (κ1) is 17.5. The summed E-state index contributed by atoms with van der Waals surface area (Å²) in [5, 5.41) is 3.29.